The molecule has 1 fully saturated rings. The number of piperidine rings is 1. The molecule has 6 nitrogen and oxygen atoms in total. The summed E-state index contributed by atoms with van der Waals surface area (Å²) in [6.45, 7) is 3.38. The molecule has 1 saturated heterocycles. The predicted molar refractivity (Wildman–Crippen MR) is 90.9 cm³/mol. The standard InChI is InChI=1S/C18H20N3O3/c22-18-6-2-5-17-15-7-14(11-20(17)18)10-19(12-15)9-13-3-1-4-16(8-13)21(23)24/h1-6,8,14-15,23H,7,9-12H2/q-1/t14-,15+/m0/s1. The van der Waals surface area contributed by atoms with E-state index in [2.05, 4.69) is 11.0 Å². The maximum atomic E-state index is 12.1. The van der Waals surface area contributed by atoms with E-state index in [1.807, 2.05) is 16.7 Å². The van der Waals surface area contributed by atoms with Crippen LogP contribution in [0.15, 0.2) is 47.3 Å². The van der Waals surface area contributed by atoms with Gasteiger partial charge in [0.2, 0.25) is 0 Å². The van der Waals surface area contributed by atoms with Crippen molar-refractivity contribution in [2.45, 2.75) is 25.4 Å². The van der Waals surface area contributed by atoms with Crippen LogP contribution in [0, 0.1) is 11.1 Å². The maximum absolute atomic E-state index is 12.1. The highest BCUT2D eigenvalue weighted by Gasteiger charge is 2.34. The molecule has 126 valence electrons. The van der Waals surface area contributed by atoms with E-state index in [4.69, 9.17) is 5.21 Å². The minimum absolute atomic E-state index is 0.0989. The van der Waals surface area contributed by atoms with Gasteiger partial charge in [-0.05, 0) is 36.1 Å². The third-order valence-electron chi connectivity index (χ3n) is 5.09. The third-order valence-corrected chi connectivity index (χ3v) is 5.09. The van der Waals surface area contributed by atoms with Crippen LogP contribution in [0.4, 0.5) is 5.69 Å². The zero-order valence-electron chi connectivity index (χ0n) is 13.3. The molecular weight excluding hydrogens is 306 g/mol. The Morgan fingerprint density at radius 1 is 1.17 bits per heavy atom. The third kappa shape index (κ3) is 2.84. The summed E-state index contributed by atoms with van der Waals surface area (Å²) in [7, 11) is 0. The van der Waals surface area contributed by atoms with Gasteiger partial charge in [0.15, 0.2) is 0 Å². The van der Waals surface area contributed by atoms with E-state index in [1.165, 1.54) is 0 Å². The molecule has 0 spiro atoms. The maximum Gasteiger partial charge on any atom is 0.250 e. The lowest BCUT2D eigenvalue weighted by molar-refractivity contribution is 0.114. The van der Waals surface area contributed by atoms with E-state index >= 15 is 0 Å². The molecule has 1 aromatic heterocycles. The second-order valence-electron chi connectivity index (χ2n) is 6.84. The lowest BCUT2D eigenvalue weighted by Gasteiger charge is -2.42. The van der Waals surface area contributed by atoms with Crippen molar-refractivity contribution in [3.8, 4) is 0 Å². The van der Waals surface area contributed by atoms with Crippen molar-refractivity contribution in [1.82, 2.24) is 9.47 Å². The molecule has 2 aliphatic rings. The van der Waals surface area contributed by atoms with E-state index in [-0.39, 0.29) is 16.5 Å². The second-order valence-corrected chi connectivity index (χ2v) is 6.84. The Balaban J connectivity index is 1.54. The molecular formula is C18H20N3O3-. The summed E-state index contributed by atoms with van der Waals surface area (Å²) >= 11 is 0. The zero-order chi connectivity index (χ0) is 16.7. The van der Waals surface area contributed by atoms with Gasteiger partial charge in [-0.15, -0.1) is 0 Å². The van der Waals surface area contributed by atoms with Crippen LogP contribution >= 0.6 is 0 Å². The lowest BCUT2D eigenvalue weighted by atomic mass is 9.83. The van der Waals surface area contributed by atoms with Crippen LogP contribution in [0.1, 0.15) is 23.6 Å². The highest BCUT2D eigenvalue weighted by Crippen LogP contribution is 2.35. The molecule has 0 saturated carbocycles. The summed E-state index contributed by atoms with van der Waals surface area (Å²) in [6.07, 6.45) is 1.13. The zero-order valence-corrected chi connectivity index (χ0v) is 13.3. The Morgan fingerprint density at radius 2 is 2.00 bits per heavy atom. The first-order chi connectivity index (χ1) is 11.6. The number of pyridine rings is 1. The number of rotatable bonds is 3. The molecule has 1 aromatic carbocycles. The van der Waals surface area contributed by atoms with Crippen molar-refractivity contribution in [3.05, 3.63) is 69.3 Å². The highest BCUT2D eigenvalue weighted by atomic mass is 16.8. The summed E-state index contributed by atoms with van der Waals surface area (Å²) in [4.78, 5) is 14.4. The van der Waals surface area contributed by atoms with Crippen LogP contribution in [-0.4, -0.2) is 27.8 Å². The minimum atomic E-state index is -0.100. The van der Waals surface area contributed by atoms with Crippen molar-refractivity contribution < 1.29 is 5.21 Å². The normalized spacial score (nSPS) is 22.9. The Kier molecular flexibility index (Phi) is 3.88. The molecule has 0 aliphatic carbocycles. The van der Waals surface area contributed by atoms with Gasteiger partial charge in [0.1, 0.15) is 0 Å². The first-order valence-electron chi connectivity index (χ1n) is 8.27. The summed E-state index contributed by atoms with van der Waals surface area (Å²) in [5.41, 5.74) is 2.49. The molecule has 0 amide bonds. The fraction of sp³-hybridized carbons (Fsp3) is 0.389. The van der Waals surface area contributed by atoms with Gasteiger partial charge in [0.05, 0.1) is 5.69 Å². The fourth-order valence-corrected chi connectivity index (χ4v) is 4.16. The quantitative estimate of drug-likeness (QED) is 0.875. The molecule has 2 atom stereocenters. The van der Waals surface area contributed by atoms with E-state index in [9.17, 15) is 10.0 Å². The van der Waals surface area contributed by atoms with Crippen molar-refractivity contribution in [3.63, 3.8) is 0 Å². The lowest BCUT2D eigenvalue weighted by Crippen LogP contribution is -2.46. The van der Waals surface area contributed by atoms with E-state index in [0.29, 0.717) is 11.8 Å². The molecule has 6 heteroatoms. The van der Waals surface area contributed by atoms with Gasteiger partial charge in [0, 0.05) is 43.9 Å². The topological polar surface area (TPSA) is 71.8 Å². The molecule has 2 aliphatic heterocycles. The van der Waals surface area contributed by atoms with Crippen LogP contribution < -0.4 is 10.8 Å². The molecule has 2 bridgehead atoms. The number of anilines is 1. The predicted octanol–water partition coefficient (Wildman–Crippen LogP) is 2.16. The molecule has 0 radical (unpaired) electrons. The van der Waals surface area contributed by atoms with Gasteiger partial charge in [-0.3, -0.25) is 14.9 Å². The molecule has 3 heterocycles. The highest BCUT2D eigenvalue weighted by molar-refractivity contribution is 5.46. The minimum Gasteiger partial charge on any atom is -0.733 e. The van der Waals surface area contributed by atoms with Crippen LogP contribution in [0.5, 0.6) is 0 Å². The number of hydrogen-bond acceptors (Lipinski definition) is 5. The van der Waals surface area contributed by atoms with Crippen molar-refractivity contribution >= 4 is 5.69 Å². The average molecular weight is 326 g/mol. The van der Waals surface area contributed by atoms with E-state index < -0.39 is 0 Å². The van der Waals surface area contributed by atoms with Gasteiger partial charge >= 0.3 is 0 Å². The summed E-state index contributed by atoms with van der Waals surface area (Å²) in [5, 5.41) is 20.0. The Morgan fingerprint density at radius 3 is 2.83 bits per heavy atom. The summed E-state index contributed by atoms with van der Waals surface area (Å²) in [5.74, 6) is 0.858. The first kappa shape index (κ1) is 15.4. The Bertz CT molecular complexity index is 802. The number of hydrogen-bond donors (Lipinski definition) is 1. The summed E-state index contributed by atoms with van der Waals surface area (Å²) < 4.78 is 1.93. The smallest absolute Gasteiger partial charge is 0.250 e. The van der Waals surface area contributed by atoms with Crippen molar-refractivity contribution in [2.75, 3.05) is 18.3 Å². The first-order valence-corrected chi connectivity index (χ1v) is 8.27. The monoisotopic (exact) mass is 326 g/mol. The number of likely N-dealkylation sites (tertiary alicyclic amines) is 1. The van der Waals surface area contributed by atoms with Crippen LogP contribution in [0.2, 0.25) is 0 Å². The van der Waals surface area contributed by atoms with Gasteiger partial charge in [-0.2, -0.15) is 0 Å². The van der Waals surface area contributed by atoms with Gasteiger partial charge < -0.3 is 15.0 Å². The SMILES string of the molecule is O=c1cccc2n1C[C@H]1C[C@@H]2CN(Cc2cccc(N([O-])O)c2)C1. The van der Waals surface area contributed by atoms with E-state index in [1.54, 1.807) is 24.3 Å². The number of aromatic nitrogens is 1. The molecule has 2 aromatic rings. The fourth-order valence-electron chi connectivity index (χ4n) is 4.16. The largest absolute Gasteiger partial charge is 0.733 e. The molecule has 1 N–H and O–H groups in total. The summed E-state index contributed by atoms with van der Waals surface area (Å²) in [6, 6.07) is 12.6. The second kappa shape index (κ2) is 6.05. The van der Waals surface area contributed by atoms with Gasteiger partial charge in [0.25, 0.3) is 5.56 Å². The Hall–Kier alpha value is -2.15. The van der Waals surface area contributed by atoms with Crippen molar-refractivity contribution in [1.29, 1.82) is 0 Å². The van der Waals surface area contributed by atoms with Crippen LogP contribution in [0.3, 0.4) is 0 Å². The Labute approximate surface area is 140 Å². The van der Waals surface area contributed by atoms with Gasteiger partial charge in [-0.25, -0.2) is 0 Å². The van der Waals surface area contributed by atoms with Crippen LogP contribution in [-0.2, 0) is 13.1 Å². The molecule has 4 rings (SSSR count). The number of fused-ring (bicyclic) bond motifs is 4. The van der Waals surface area contributed by atoms with Crippen molar-refractivity contribution in [2.24, 2.45) is 5.92 Å². The molecule has 24 heavy (non-hydrogen) atoms. The average Bonchev–Trinajstić information content (AvgIpc) is 2.56. The molecule has 0 unspecified atom stereocenters. The number of benzene rings is 1. The van der Waals surface area contributed by atoms with Gasteiger partial charge in [-0.1, -0.05) is 18.2 Å². The van der Waals surface area contributed by atoms with E-state index in [0.717, 1.165) is 43.9 Å². The van der Waals surface area contributed by atoms with Crippen LogP contribution in [0.25, 0.3) is 0 Å². The number of nitrogens with zero attached hydrogens (tertiary/aromatic N) is 3.